The van der Waals surface area contributed by atoms with E-state index >= 15 is 0 Å². The van der Waals surface area contributed by atoms with Crippen molar-refractivity contribution in [2.24, 2.45) is 11.8 Å². The fraction of sp³-hybridized carbons (Fsp3) is 1.00. The Labute approximate surface area is 92.8 Å². The van der Waals surface area contributed by atoms with Gasteiger partial charge in [-0.25, -0.2) is 8.42 Å². The van der Waals surface area contributed by atoms with Crippen LogP contribution in [0.2, 0.25) is 0 Å². The van der Waals surface area contributed by atoms with Gasteiger partial charge < -0.3 is 5.11 Å². The first-order valence-electron chi connectivity index (χ1n) is 5.90. The summed E-state index contributed by atoms with van der Waals surface area (Å²) < 4.78 is 22.6. The Morgan fingerprint density at radius 3 is 2.60 bits per heavy atom. The van der Waals surface area contributed by atoms with Gasteiger partial charge in [-0.05, 0) is 24.7 Å². The fourth-order valence-corrected chi connectivity index (χ4v) is 4.25. The van der Waals surface area contributed by atoms with Crippen LogP contribution in [-0.4, -0.2) is 31.6 Å². The van der Waals surface area contributed by atoms with Gasteiger partial charge in [0.05, 0.1) is 11.5 Å². The molecule has 1 N–H and O–H groups in total. The average Bonchev–Trinajstić information content (AvgIpc) is 2.54. The molecule has 0 saturated carbocycles. The predicted molar refractivity (Wildman–Crippen MR) is 61.5 cm³/mol. The van der Waals surface area contributed by atoms with Gasteiger partial charge in [-0.2, -0.15) is 0 Å². The molecule has 2 atom stereocenters. The molecule has 0 amide bonds. The lowest BCUT2D eigenvalue weighted by molar-refractivity contribution is 0.173. The number of hydrogen-bond donors (Lipinski definition) is 1. The maximum absolute atomic E-state index is 11.3. The monoisotopic (exact) mass is 234 g/mol. The average molecular weight is 234 g/mol. The van der Waals surface area contributed by atoms with E-state index in [9.17, 15) is 13.5 Å². The third-order valence-corrected chi connectivity index (χ3v) is 5.14. The van der Waals surface area contributed by atoms with Crippen molar-refractivity contribution in [1.29, 1.82) is 0 Å². The van der Waals surface area contributed by atoms with Gasteiger partial charge in [0.25, 0.3) is 0 Å². The summed E-state index contributed by atoms with van der Waals surface area (Å²) in [5, 5.41) is 9.26. The zero-order chi connectivity index (χ0) is 11.3. The van der Waals surface area contributed by atoms with Crippen molar-refractivity contribution in [3.8, 4) is 0 Å². The van der Waals surface area contributed by atoms with Crippen molar-refractivity contribution in [2.45, 2.75) is 39.0 Å². The fourth-order valence-electron chi connectivity index (χ4n) is 2.33. The van der Waals surface area contributed by atoms with E-state index in [4.69, 9.17) is 0 Å². The molecule has 4 heteroatoms. The highest BCUT2D eigenvalue weighted by Gasteiger charge is 2.32. The number of aliphatic hydroxyl groups excluding tert-OH is 1. The molecule has 1 fully saturated rings. The van der Waals surface area contributed by atoms with Crippen molar-refractivity contribution in [2.75, 3.05) is 18.1 Å². The topological polar surface area (TPSA) is 54.4 Å². The summed E-state index contributed by atoms with van der Waals surface area (Å²) in [4.78, 5) is 0. The van der Waals surface area contributed by atoms with E-state index in [1.54, 1.807) is 0 Å². The first kappa shape index (κ1) is 13.0. The van der Waals surface area contributed by atoms with E-state index in [1.165, 1.54) is 12.8 Å². The number of unbranched alkanes of at least 4 members (excludes halogenated alkanes) is 2. The SMILES string of the molecule is CCCCCC(CO)C1CCS(=O)(=O)C1. The Bertz CT molecular complexity index is 272. The molecule has 1 aliphatic heterocycles. The summed E-state index contributed by atoms with van der Waals surface area (Å²) in [7, 11) is -2.79. The number of aliphatic hydroxyl groups is 1. The Morgan fingerprint density at radius 2 is 2.13 bits per heavy atom. The molecule has 90 valence electrons. The Hall–Kier alpha value is -0.0900. The Morgan fingerprint density at radius 1 is 1.40 bits per heavy atom. The van der Waals surface area contributed by atoms with Crippen LogP contribution in [-0.2, 0) is 9.84 Å². The van der Waals surface area contributed by atoms with Crippen LogP contribution >= 0.6 is 0 Å². The van der Waals surface area contributed by atoms with Crippen LogP contribution in [0, 0.1) is 11.8 Å². The van der Waals surface area contributed by atoms with Gasteiger partial charge in [0, 0.05) is 6.61 Å². The molecular formula is C11H22O3S. The van der Waals surface area contributed by atoms with E-state index in [1.807, 2.05) is 0 Å². The standard InChI is InChI=1S/C11H22O3S/c1-2-3-4-5-10(8-12)11-6-7-15(13,14)9-11/h10-12H,2-9H2,1H3. The molecule has 15 heavy (non-hydrogen) atoms. The summed E-state index contributed by atoms with van der Waals surface area (Å²) in [5.74, 6) is 1.03. The van der Waals surface area contributed by atoms with Gasteiger partial charge in [0.15, 0.2) is 9.84 Å². The summed E-state index contributed by atoms with van der Waals surface area (Å²) in [6, 6.07) is 0. The van der Waals surface area contributed by atoms with Gasteiger partial charge in [0.1, 0.15) is 0 Å². The van der Waals surface area contributed by atoms with Gasteiger partial charge in [-0.1, -0.05) is 26.2 Å². The molecule has 0 aromatic rings. The van der Waals surface area contributed by atoms with Crippen molar-refractivity contribution in [3.63, 3.8) is 0 Å². The number of hydrogen-bond acceptors (Lipinski definition) is 3. The van der Waals surface area contributed by atoms with Crippen molar-refractivity contribution in [3.05, 3.63) is 0 Å². The molecule has 1 rings (SSSR count). The van der Waals surface area contributed by atoms with Crippen LogP contribution in [0.4, 0.5) is 0 Å². The predicted octanol–water partition coefficient (Wildman–Crippen LogP) is 1.61. The molecule has 0 aromatic heterocycles. The van der Waals surface area contributed by atoms with Gasteiger partial charge in [0.2, 0.25) is 0 Å². The second-order valence-corrected chi connectivity index (χ2v) is 6.83. The molecule has 3 nitrogen and oxygen atoms in total. The first-order chi connectivity index (χ1) is 7.09. The molecule has 1 saturated heterocycles. The van der Waals surface area contributed by atoms with Crippen molar-refractivity contribution >= 4 is 9.84 Å². The van der Waals surface area contributed by atoms with E-state index < -0.39 is 9.84 Å². The van der Waals surface area contributed by atoms with Gasteiger partial charge in [-0.15, -0.1) is 0 Å². The van der Waals surface area contributed by atoms with Gasteiger partial charge in [-0.3, -0.25) is 0 Å². The second-order valence-electron chi connectivity index (χ2n) is 4.60. The number of sulfone groups is 1. The second kappa shape index (κ2) is 5.85. The highest BCUT2D eigenvalue weighted by Crippen LogP contribution is 2.29. The maximum Gasteiger partial charge on any atom is 0.150 e. The van der Waals surface area contributed by atoms with E-state index in [0.717, 1.165) is 19.3 Å². The molecular weight excluding hydrogens is 212 g/mol. The van der Waals surface area contributed by atoms with E-state index in [-0.39, 0.29) is 18.4 Å². The minimum Gasteiger partial charge on any atom is -0.396 e. The highest BCUT2D eigenvalue weighted by molar-refractivity contribution is 7.91. The van der Waals surface area contributed by atoms with Crippen LogP contribution in [0.25, 0.3) is 0 Å². The molecule has 1 aliphatic rings. The summed E-state index contributed by atoms with van der Waals surface area (Å²) in [5.41, 5.74) is 0. The third kappa shape index (κ3) is 4.11. The molecule has 0 bridgehead atoms. The number of rotatable bonds is 6. The van der Waals surface area contributed by atoms with Crippen LogP contribution in [0.15, 0.2) is 0 Å². The van der Waals surface area contributed by atoms with Crippen molar-refractivity contribution in [1.82, 2.24) is 0 Å². The van der Waals surface area contributed by atoms with E-state index in [0.29, 0.717) is 11.5 Å². The minimum absolute atomic E-state index is 0.143. The summed E-state index contributed by atoms with van der Waals surface area (Å²) in [6.45, 7) is 2.29. The van der Waals surface area contributed by atoms with Crippen LogP contribution in [0.1, 0.15) is 39.0 Å². The molecule has 0 spiro atoms. The lowest BCUT2D eigenvalue weighted by Crippen LogP contribution is -2.19. The molecule has 0 aliphatic carbocycles. The smallest absolute Gasteiger partial charge is 0.150 e. The largest absolute Gasteiger partial charge is 0.396 e. The van der Waals surface area contributed by atoms with Crippen LogP contribution in [0.5, 0.6) is 0 Å². The zero-order valence-electron chi connectivity index (χ0n) is 9.48. The molecule has 0 radical (unpaired) electrons. The van der Waals surface area contributed by atoms with E-state index in [2.05, 4.69) is 6.92 Å². The quantitative estimate of drug-likeness (QED) is 0.710. The molecule has 2 unspecified atom stereocenters. The lowest BCUT2D eigenvalue weighted by atomic mass is 9.88. The normalized spacial score (nSPS) is 26.7. The minimum atomic E-state index is -2.79. The lowest BCUT2D eigenvalue weighted by Gasteiger charge is -2.19. The third-order valence-electron chi connectivity index (χ3n) is 3.35. The highest BCUT2D eigenvalue weighted by atomic mass is 32.2. The molecule has 1 heterocycles. The van der Waals surface area contributed by atoms with Crippen molar-refractivity contribution < 1.29 is 13.5 Å². The maximum atomic E-state index is 11.3. The molecule has 0 aromatic carbocycles. The van der Waals surface area contributed by atoms with Gasteiger partial charge >= 0.3 is 0 Å². The summed E-state index contributed by atoms with van der Waals surface area (Å²) in [6.07, 6.45) is 5.18. The van der Waals surface area contributed by atoms with Crippen LogP contribution in [0.3, 0.4) is 0 Å². The summed E-state index contributed by atoms with van der Waals surface area (Å²) >= 11 is 0. The Kier molecular flexibility index (Phi) is 5.06. The Balaban J connectivity index is 2.39. The first-order valence-corrected chi connectivity index (χ1v) is 7.72. The van der Waals surface area contributed by atoms with Crippen LogP contribution < -0.4 is 0 Å². The zero-order valence-corrected chi connectivity index (χ0v) is 10.3.